The van der Waals surface area contributed by atoms with Gasteiger partial charge in [0.1, 0.15) is 0 Å². The van der Waals surface area contributed by atoms with Crippen LogP contribution in [-0.4, -0.2) is 43.7 Å². The van der Waals surface area contributed by atoms with Crippen molar-refractivity contribution in [2.75, 3.05) is 32.8 Å². The summed E-state index contributed by atoms with van der Waals surface area (Å²) in [5.74, 6) is -1.13. The molecule has 1 rings (SSSR count). The van der Waals surface area contributed by atoms with E-state index in [1.165, 1.54) is 0 Å². The number of hydrogen-bond acceptors (Lipinski definition) is 4. The van der Waals surface area contributed by atoms with Crippen molar-refractivity contribution in [2.24, 2.45) is 0 Å². The molecule has 0 N–H and O–H groups in total. The number of nitrogens with zero attached hydrogens (tertiary/aromatic N) is 1. The van der Waals surface area contributed by atoms with Gasteiger partial charge in [-0.2, -0.15) is 0 Å². The molecule has 0 aromatic rings. The zero-order valence-corrected chi connectivity index (χ0v) is 8.33. The molecule has 0 radical (unpaired) electrons. The lowest BCUT2D eigenvalue weighted by atomic mass is 10.1. The van der Waals surface area contributed by atoms with Crippen LogP contribution in [0.25, 0.3) is 0 Å². The zero-order valence-electron chi connectivity index (χ0n) is 8.33. The summed E-state index contributed by atoms with van der Waals surface area (Å²) < 4.78 is 5.20. The largest absolute Gasteiger partial charge is 0.545 e. The maximum atomic E-state index is 10.3. The fourth-order valence-corrected chi connectivity index (χ4v) is 1.44. The standard InChI is InChI=1S/C10H17NO3/c1-9(10(12)13)3-2-4-11-5-7-14-8-6-11/h1-8H2,(H,12,13)/p-1. The van der Waals surface area contributed by atoms with E-state index in [0.717, 1.165) is 39.3 Å². The number of hydrogen-bond donors (Lipinski definition) is 0. The first-order valence-electron chi connectivity index (χ1n) is 4.89. The average Bonchev–Trinajstić information content (AvgIpc) is 2.19. The summed E-state index contributed by atoms with van der Waals surface area (Å²) >= 11 is 0. The molecule has 0 amide bonds. The van der Waals surface area contributed by atoms with Gasteiger partial charge in [-0.05, 0) is 25.0 Å². The molecule has 80 valence electrons. The fourth-order valence-electron chi connectivity index (χ4n) is 1.44. The van der Waals surface area contributed by atoms with Crippen LogP contribution in [0.1, 0.15) is 12.8 Å². The Kier molecular flexibility index (Phi) is 4.62. The summed E-state index contributed by atoms with van der Waals surface area (Å²) in [6.45, 7) is 7.79. The Bertz CT molecular complexity index is 209. The van der Waals surface area contributed by atoms with E-state index in [4.69, 9.17) is 4.74 Å². The second kappa shape index (κ2) is 5.78. The summed E-state index contributed by atoms with van der Waals surface area (Å²) in [4.78, 5) is 12.6. The molecule has 1 heterocycles. The summed E-state index contributed by atoms with van der Waals surface area (Å²) in [7, 11) is 0. The molecule has 0 bridgehead atoms. The van der Waals surface area contributed by atoms with Crippen molar-refractivity contribution in [2.45, 2.75) is 12.8 Å². The maximum Gasteiger partial charge on any atom is 0.0668 e. The SMILES string of the molecule is C=C(CCCN1CCOCC1)C(=O)[O-]. The molecule has 1 saturated heterocycles. The molecule has 0 aromatic carbocycles. The molecule has 4 nitrogen and oxygen atoms in total. The van der Waals surface area contributed by atoms with E-state index in [1.54, 1.807) is 0 Å². The molecule has 0 aliphatic carbocycles. The Morgan fingerprint density at radius 2 is 2.07 bits per heavy atom. The van der Waals surface area contributed by atoms with Crippen LogP contribution >= 0.6 is 0 Å². The fraction of sp³-hybridized carbons (Fsp3) is 0.700. The van der Waals surface area contributed by atoms with Crippen LogP contribution in [0, 0.1) is 0 Å². The van der Waals surface area contributed by atoms with Gasteiger partial charge in [-0.1, -0.05) is 6.58 Å². The van der Waals surface area contributed by atoms with Gasteiger partial charge in [0, 0.05) is 13.1 Å². The molecule has 1 aliphatic heterocycles. The van der Waals surface area contributed by atoms with Crippen molar-refractivity contribution < 1.29 is 14.6 Å². The van der Waals surface area contributed by atoms with Crippen molar-refractivity contribution in [1.29, 1.82) is 0 Å². The van der Waals surface area contributed by atoms with E-state index >= 15 is 0 Å². The molecule has 0 atom stereocenters. The van der Waals surface area contributed by atoms with Crippen molar-refractivity contribution >= 4 is 5.97 Å². The monoisotopic (exact) mass is 198 g/mol. The molecular formula is C10H16NO3-. The minimum absolute atomic E-state index is 0.193. The van der Waals surface area contributed by atoms with Gasteiger partial charge in [-0.15, -0.1) is 0 Å². The van der Waals surface area contributed by atoms with Gasteiger partial charge in [-0.3, -0.25) is 4.90 Å². The van der Waals surface area contributed by atoms with Crippen molar-refractivity contribution in [3.8, 4) is 0 Å². The van der Waals surface area contributed by atoms with Crippen LogP contribution in [-0.2, 0) is 9.53 Å². The highest BCUT2D eigenvalue weighted by Gasteiger charge is 2.09. The van der Waals surface area contributed by atoms with Gasteiger partial charge in [0.15, 0.2) is 0 Å². The average molecular weight is 198 g/mol. The van der Waals surface area contributed by atoms with Crippen molar-refractivity contribution in [1.82, 2.24) is 4.90 Å². The van der Waals surface area contributed by atoms with Crippen LogP contribution in [0.3, 0.4) is 0 Å². The lowest BCUT2D eigenvalue weighted by Crippen LogP contribution is -2.37. The minimum Gasteiger partial charge on any atom is -0.545 e. The highest BCUT2D eigenvalue weighted by Crippen LogP contribution is 2.04. The van der Waals surface area contributed by atoms with Crippen LogP contribution in [0.5, 0.6) is 0 Å². The van der Waals surface area contributed by atoms with E-state index in [2.05, 4.69) is 11.5 Å². The second-order valence-corrected chi connectivity index (χ2v) is 3.45. The summed E-state index contributed by atoms with van der Waals surface area (Å²) in [5.41, 5.74) is 0.193. The van der Waals surface area contributed by atoms with Crippen LogP contribution in [0.15, 0.2) is 12.2 Å². The number of carboxylic acids is 1. The lowest BCUT2D eigenvalue weighted by molar-refractivity contribution is -0.299. The summed E-state index contributed by atoms with van der Waals surface area (Å²) in [6.07, 6.45) is 1.34. The van der Waals surface area contributed by atoms with Gasteiger partial charge in [0.2, 0.25) is 0 Å². The zero-order chi connectivity index (χ0) is 10.4. The Labute approximate surface area is 84.2 Å². The Morgan fingerprint density at radius 1 is 1.43 bits per heavy atom. The Hall–Kier alpha value is -0.870. The van der Waals surface area contributed by atoms with Gasteiger partial charge in [-0.25, -0.2) is 0 Å². The van der Waals surface area contributed by atoms with Crippen molar-refractivity contribution in [3.63, 3.8) is 0 Å². The summed E-state index contributed by atoms with van der Waals surface area (Å²) in [6, 6.07) is 0. The van der Waals surface area contributed by atoms with E-state index in [9.17, 15) is 9.90 Å². The quantitative estimate of drug-likeness (QED) is 0.554. The predicted molar refractivity (Wildman–Crippen MR) is 50.6 cm³/mol. The van der Waals surface area contributed by atoms with Gasteiger partial charge in [0.25, 0.3) is 0 Å². The number of morpholine rings is 1. The normalized spacial score (nSPS) is 18.0. The Balaban J connectivity index is 2.08. The molecule has 0 unspecified atom stereocenters. The molecular weight excluding hydrogens is 182 g/mol. The number of ether oxygens (including phenoxy) is 1. The Morgan fingerprint density at radius 3 is 2.64 bits per heavy atom. The molecule has 4 heteroatoms. The summed E-state index contributed by atoms with van der Waals surface area (Å²) in [5, 5.41) is 10.3. The third-order valence-corrected chi connectivity index (χ3v) is 2.35. The van der Waals surface area contributed by atoms with E-state index < -0.39 is 5.97 Å². The lowest BCUT2D eigenvalue weighted by Gasteiger charge is -2.26. The number of aliphatic carboxylic acids is 1. The molecule has 1 aliphatic rings. The third-order valence-electron chi connectivity index (χ3n) is 2.35. The second-order valence-electron chi connectivity index (χ2n) is 3.45. The van der Waals surface area contributed by atoms with Gasteiger partial charge >= 0.3 is 0 Å². The maximum absolute atomic E-state index is 10.3. The first-order valence-corrected chi connectivity index (χ1v) is 4.89. The minimum atomic E-state index is -1.13. The van der Waals surface area contributed by atoms with Crippen LogP contribution in [0.4, 0.5) is 0 Å². The topological polar surface area (TPSA) is 52.6 Å². The first-order chi connectivity index (χ1) is 6.70. The van der Waals surface area contributed by atoms with E-state index in [-0.39, 0.29) is 5.57 Å². The number of rotatable bonds is 5. The van der Waals surface area contributed by atoms with Crippen molar-refractivity contribution in [3.05, 3.63) is 12.2 Å². The van der Waals surface area contributed by atoms with Gasteiger partial charge in [0.05, 0.1) is 19.2 Å². The predicted octanol–water partition coefficient (Wildman–Crippen LogP) is -0.595. The number of carbonyl (C=O) groups is 1. The third kappa shape index (κ3) is 3.89. The number of carbonyl (C=O) groups excluding carboxylic acids is 1. The number of carboxylic acid groups (broad SMARTS) is 1. The molecule has 0 spiro atoms. The highest BCUT2D eigenvalue weighted by molar-refractivity contribution is 5.83. The highest BCUT2D eigenvalue weighted by atomic mass is 16.5. The van der Waals surface area contributed by atoms with Gasteiger partial charge < -0.3 is 14.6 Å². The van der Waals surface area contributed by atoms with E-state index in [1.807, 2.05) is 0 Å². The molecule has 0 saturated carbocycles. The van der Waals surface area contributed by atoms with E-state index in [0.29, 0.717) is 6.42 Å². The van der Waals surface area contributed by atoms with Crippen LogP contribution in [0.2, 0.25) is 0 Å². The van der Waals surface area contributed by atoms with Crippen LogP contribution < -0.4 is 5.11 Å². The molecule has 14 heavy (non-hydrogen) atoms. The molecule has 0 aromatic heterocycles. The molecule has 1 fully saturated rings. The first kappa shape index (κ1) is 11.2. The smallest absolute Gasteiger partial charge is 0.0668 e.